The van der Waals surface area contributed by atoms with E-state index in [0.717, 1.165) is 18.2 Å². The van der Waals surface area contributed by atoms with Crippen molar-refractivity contribution < 1.29 is 8.42 Å². The first-order valence-electron chi connectivity index (χ1n) is 6.19. The summed E-state index contributed by atoms with van der Waals surface area (Å²) in [5, 5.41) is 0.957. The summed E-state index contributed by atoms with van der Waals surface area (Å²) < 4.78 is 29.0. The molecule has 0 amide bonds. The van der Waals surface area contributed by atoms with Gasteiger partial charge in [-0.2, -0.15) is 0 Å². The SMILES string of the molecule is Cc1ccc(S(=O)(=O)n2c(I)c(I)c3ccccc32)cc1. The summed E-state index contributed by atoms with van der Waals surface area (Å²) in [5.74, 6) is 0. The van der Waals surface area contributed by atoms with Gasteiger partial charge in [0, 0.05) is 5.39 Å². The zero-order valence-corrected chi connectivity index (χ0v) is 16.2. The van der Waals surface area contributed by atoms with Crippen molar-refractivity contribution in [2.45, 2.75) is 11.8 Å². The maximum atomic E-state index is 12.9. The first kappa shape index (κ1) is 15.3. The monoisotopic (exact) mass is 523 g/mol. The van der Waals surface area contributed by atoms with E-state index in [1.54, 1.807) is 12.1 Å². The molecular weight excluding hydrogens is 512 g/mol. The van der Waals surface area contributed by atoms with Crippen molar-refractivity contribution in [2.24, 2.45) is 0 Å². The van der Waals surface area contributed by atoms with Gasteiger partial charge in [-0.3, -0.25) is 0 Å². The number of rotatable bonds is 2. The predicted octanol–water partition coefficient (Wildman–Crippen LogP) is 4.40. The van der Waals surface area contributed by atoms with Crippen LogP contribution in [0, 0.1) is 14.2 Å². The quantitative estimate of drug-likeness (QED) is 0.468. The highest BCUT2D eigenvalue weighted by Crippen LogP contribution is 2.32. The van der Waals surface area contributed by atoms with E-state index in [-0.39, 0.29) is 0 Å². The van der Waals surface area contributed by atoms with Gasteiger partial charge in [0.2, 0.25) is 0 Å². The second-order valence-electron chi connectivity index (χ2n) is 4.70. The smallest absolute Gasteiger partial charge is 0.227 e. The van der Waals surface area contributed by atoms with Gasteiger partial charge in [0.15, 0.2) is 0 Å². The molecule has 0 atom stereocenters. The van der Waals surface area contributed by atoms with Crippen LogP contribution >= 0.6 is 45.2 Å². The molecule has 3 nitrogen and oxygen atoms in total. The molecule has 0 radical (unpaired) electrons. The summed E-state index contributed by atoms with van der Waals surface area (Å²) in [6.45, 7) is 1.94. The zero-order valence-electron chi connectivity index (χ0n) is 11.0. The summed E-state index contributed by atoms with van der Waals surface area (Å²) >= 11 is 4.29. The van der Waals surface area contributed by atoms with E-state index in [0.29, 0.717) is 10.4 Å². The maximum absolute atomic E-state index is 12.9. The lowest BCUT2D eigenvalue weighted by atomic mass is 10.2. The van der Waals surface area contributed by atoms with Gasteiger partial charge in [-0.1, -0.05) is 35.9 Å². The van der Waals surface area contributed by atoms with Gasteiger partial charge < -0.3 is 0 Å². The maximum Gasteiger partial charge on any atom is 0.269 e. The minimum atomic E-state index is -3.59. The molecule has 0 aliphatic rings. The molecular formula is C15H11I2NO2S. The number of benzene rings is 2. The Morgan fingerprint density at radius 3 is 2.24 bits per heavy atom. The van der Waals surface area contributed by atoms with Crippen LogP contribution < -0.4 is 0 Å². The van der Waals surface area contributed by atoms with Crippen molar-refractivity contribution in [2.75, 3.05) is 0 Å². The third-order valence-electron chi connectivity index (χ3n) is 3.28. The van der Waals surface area contributed by atoms with Crippen LogP contribution in [0.15, 0.2) is 53.4 Å². The molecule has 0 fully saturated rings. The molecule has 3 aromatic rings. The largest absolute Gasteiger partial charge is 0.269 e. The highest BCUT2D eigenvalue weighted by molar-refractivity contribution is 14.1. The van der Waals surface area contributed by atoms with Crippen LogP contribution in [0.3, 0.4) is 0 Å². The average Bonchev–Trinajstić information content (AvgIpc) is 2.72. The standard InChI is InChI=1S/C15H11I2NO2S/c1-10-6-8-11(9-7-10)21(19,20)18-13-5-3-2-4-12(13)14(16)15(18)17/h2-9H,1H3. The van der Waals surface area contributed by atoms with E-state index < -0.39 is 10.0 Å². The average molecular weight is 523 g/mol. The molecule has 21 heavy (non-hydrogen) atoms. The molecule has 0 bridgehead atoms. The van der Waals surface area contributed by atoms with Crippen LogP contribution in [0.4, 0.5) is 0 Å². The van der Waals surface area contributed by atoms with Crippen molar-refractivity contribution in [3.05, 3.63) is 61.4 Å². The number of aryl methyl sites for hydroxylation is 1. The molecule has 0 unspecified atom stereocenters. The third kappa shape index (κ3) is 2.50. The topological polar surface area (TPSA) is 39.1 Å². The Morgan fingerprint density at radius 1 is 0.952 bits per heavy atom. The highest BCUT2D eigenvalue weighted by atomic mass is 127. The minimum absolute atomic E-state index is 0.308. The van der Waals surface area contributed by atoms with Crippen molar-refractivity contribution in [1.29, 1.82) is 0 Å². The van der Waals surface area contributed by atoms with Crippen LogP contribution in [0.25, 0.3) is 10.9 Å². The predicted molar refractivity (Wildman–Crippen MR) is 101 cm³/mol. The summed E-state index contributed by atoms with van der Waals surface area (Å²) in [4.78, 5) is 0.308. The van der Waals surface area contributed by atoms with Crippen molar-refractivity contribution in [3.8, 4) is 0 Å². The fourth-order valence-electron chi connectivity index (χ4n) is 2.19. The Balaban J connectivity index is 2.34. The lowest BCUT2D eigenvalue weighted by molar-refractivity contribution is 0.588. The van der Waals surface area contributed by atoms with Crippen LogP contribution in [-0.2, 0) is 10.0 Å². The molecule has 2 aromatic carbocycles. The molecule has 0 saturated carbocycles. The summed E-state index contributed by atoms with van der Waals surface area (Å²) in [6, 6.07) is 14.5. The number of fused-ring (bicyclic) bond motifs is 1. The van der Waals surface area contributed by atoms with Gasteiger partial charge in [-0.15, -0.1) is 0 Å². The number of nitrogens with zero attached hydrogens (tertiary/aromatic N) is 1. The number of hydrogen-bond acceptors (Lipinski definition) is 2. The Kier molecular flexibility index (Phi) is 4.04. The fraction of sp³-hybridized carbons (Fsp3) is 0.0667. The van der Waals surface area contributed by atoms with E-state index in [9.17, 15) is 8.42 Å². The summed E-state index contributed by atoms with van der Waals surface area (Å²) in [5.41, 5.74) is 1.75. The van der Waals surface area contributed by atoms with Crippen LogP contribution in [0.5, 0.6) is 0 Å². The van der Waals surface area contributed by atoms with E-state index in [1.165, 1.54) is 3.97 Å². The lowest BCUT2D eigenvalue weighted by Gasteiger charge is -2.09. The molecule has 6 heteroatoms. The molecule has 0 aliphatic carbocycles. The number of aromatic nitrogens is 1. The Labute approximate surface area is 150 Å². The third-order valence-corrected chi connectivity index (χ3v) is 8.48. The van der Waals surface area contributed by atoms with Crippen molar-refractivity contribution in [3.63, 3.8) is 0 Å². The molecule has 0 spiro atoms. The molecule has 1 aromatic heterocycles. The fourth-order valence-corrected chi connectivity index (χ4v) is 5.79. The van der Waals surface area contributed by atoms with E-state index in [2.05, 4.69) is 45.2 Å². The van der Waals surface area contributed by atoms with E-state index in [4.69, 9.17) is 0 Å². The molecule has 0 N–H and O–H groups in total. The Morgan fingerprint density at radius 2 is 1.57 bits per heavy atom. The Hall–Kier alpha value is -0.610. The lowest BCUT2D eigenvalue weighted by Crippen LogP contribution is -2.14. The van der Waals surface area contributed by atoms with Crippen LogP contribution in [-0.4, -0.2) is 12.4 Å². The van der Waals surface area contributed by atoms with Gasteiger partial charge in [0.05, 0.1) is 14.0 Å². The molecule has 0 saturated heterocycles. The van der Waals surface area contributed by atoms with Gasteiger partial charge in [-0.25, -0.2) is 12.4 Å². The van der Waals surface area contributed by atoms with Crippen LogP contribution in [0.2, 0.25) is 0 Å². The number of halogens is 2. The Bertz CT molecular complexity index is 928. The van der Waals surface area contributed by atoms with Gasteiger partial charge in [0.25, 0.3) is 10.0 Å². The number of para-hydroxylation sites is 1. The van der Waals surface area contributed by atoms with Gasteiger partial charge in [0.1, 0.15) is 3.70 Å². The van der Waals surface area contributed by atoms with Gasteiger partial charge in [-0.05, 0) is 70.3 Å². The van der Waals surface area contributed by atoms with E-state index >= 15 is 0 Å². The first-order valence-corrected chi connectivity index (χ1v) is 9.79. The summed E-state index contributed by atoms with van der Waals surface area (Å²) in [7, 11) is -3.59. The molecule has 1 heterocycles. The second-order valence-corrected chi connectivity index (χ2v) is 8.59. The number of hydrogen-bond donors (Lipinski definition) is 0. The first-order chi connectivity index (χ1) is 9.93. The minimum Gasteiger partial charge on any atom is -0.227 e. The van der Waals surface area contributed by atoms with Crippen molar-refractivity contribution in [1.82, 2.24) is 3.97 Å². The van der Waals surface area contributed by atoms with Crippen molar-refractivity contribution >= 4 is 66.1 Å². The molecule has 3 rings (SSSR count). The molecule has 108 valence electrons. The van der Waals surface area contributed by atoms with Crippen LogP contribution in [0.1, 0.15) is 5.56 Å². The summed E-state index contributed by atoms with van der Waals surface area (Å²) in [6.07, 6.45) is 0. The van der Waals surface area contributed by atoms with E-state index in [1.807, 2.05) is 43.3 Å². The normalized spacial score (nSPS) is 12.0. The highest BCUT2D eigenvalue weighted by Gasteiger charge is 2.24. The molecule has 0 aliphatic heterocycles. The zero-order chi connectivity index (χ0) is 15.2. The second kappa shape index (κ2) is 5.54. The van der Waals surface area contributed by atoms with Gasteiger partial charge >= 0.3 is 0 Å².